The van der Waals surface area contributed by atoms with Crippen LogP contribution in [0, 0.1) is 11.8 Å². The number of alkyl halides is 2. The molecule has 0 aliphatic rings. The summed E-state index contributed by atoms with van der Waals surface area (Å²) in [5.74, 6) is 3.46. The summed E-state index contributed by atoms with van der Waals surface area (Å²) < 4.78 is 25.4. The minimum absolute atomic E-state index is 0.0762. The van der Waals surface area contributed by atoms with E-state index in [0.717, 1.165) is 0 Å². The molecule has 136 valence electrons. The van der Waals surface area contributed by atoms with Crippen LogP contribution in [0.2, 0.25) is 0 Å². The third kappa shape index (κ3) is 4.79. The van der Waals surface area contributed by atoms with Crippen LogP contribution in [0.15, 0.2) is 24.3 Å². The highest BCUT2D eigenvalue weighted by Crippen LogP contribution is 2.07. The van der Waals surface area contributed by atoms with Gasteiger partial charge in [-0.3, -0.25) is 14.8 Å². The molecule has 2 aromatic rings. The van der Waals surface area contributed by atoms with Crippen LogP contribution in [0.1, 0.15) is 21.7 Å². The zero-order chi connectivity index (χ0) is 19.1. The highest BCUT2D eigenvalue weighted by Gasteiger charge is 2.33. The quantitative estimate of drug-likeness (QED) is 0.253. The second-order valence-electron chi connectivity index (χ2n) is 4.90. The van der Waals surface area contributed by atoms with Crippen LogP contribution in [0.25, 0.3) is 0 Å². The minimum Gasteiger partial charge on any atom is -0.339 e. The fraction of sp³-hybridized carbons (Fsp3) is 0.214. The second-order valence-corrected chi connectivity index (χ2v) is 4.90. The van der Waals surface area contributed by atoms with Crippen LogP contribution in [0.4, 0.5) is 8.78 Å². The first-order chi connectivity index (χ1) is 12.4. The molecule has 0 spiro atoms. The van der Waals surface area contributed by atoms with E-state index in [0.29, 0.717) is 5.56 Å². The van der Waals surface area contributed by atoms with E-state index in [4.69, 9.17) is 10.9 Å². The Hall–Kier alpha value is -3.43. The Bertz CT molecular complexity index is 815. The summed E-state index contributed by atoms with van der Waals surface area (Å²) in [6, 6.07) is 1.93. The van der Waals surface area contributed by atoms with Gasteiger partial charge in [-0.25, -0.2) is 14.3 Å². The van der Waals surface area contributed by atoms with Crippen molar-refractivity contribution >= 4 is 11.8 Å². The predicted octanol–water partition coefficient (Wildman–Crippen LogP) is -1.20. The van der Waals surface area contributed by atoms with Gasteiger partial charge in [-0.05, 0) is 35.4 Å². The molecule has 0 aliphatic heterocycles. The molecule has 1 aromatic carbocycles. The molecule has 2 rings (SSSR count). The maximum atomic E-state index is 12.7. The van der Waals surface area contributed by atoms with E-state index >= 15 is 0 Å². The van der Waals surface area contributed by atoms with Crippen LogP contribution in [0.5, 0.6) is 0 Å². The molecule has 0 bridgehead atoms. The van der Waals surface area contributed by atoms with Gasteiger partial charge in [-0.2, -0.15) is 5.21 Å². The number of aromatic nitrogens is 4. The van der Waals surface area contributed by atoms with Crippen molar-refractivity contribution in [2.45, 2.75) is 18.5 Å². The number of hydrogen-bond donors (Lipinski definition) is 5. The smallest absolute Gasteiger partial charge is 0.267 e. The molecule has 1 aromatic heterocycles. The van der Waals surface area contributed by atoms with E-state index in [1.165, 1.54) is 29.7 Å². The number of carbonyl (C=O) groups is 2. The third-order valence-electron chi connectivity index (χ3n) is 3.17. The number of hydroxylamine groups is 1. The van der Waals surface area contributed by atoms with E-state index in [-0.39, 0.29) is 11.4 Å². The summed E-state index contributed by atoms with van der Waals surface area (Å²) in [6.45, 7) is 0. The van der Waals surface area contributed by atoms with Crippen molar-refractivity contribution in [3.05, 3.63) is 41.2 Å². The largest absolute Gasteiger partial charge is 0.339 e. The van der Waals surface area contributed by atoms with E-state index in [1.54, 1.807) is 0 Å². The molecule has 12 heteroatoms. The molecular weight excluding hydrogens is 352 g/mol. The second kappa shape index (κ2) is 8.60. The van der Waals surface area contributed by atoms with Crippen LogP contribution in [-0.2, 0) is 4.79 Å². The van der Waals surface area contributed by atoms with Gasteiger partial charge in [-0.15, -0.1) is 5.10 Å². The number of aromatic amines is 1. The average molecular weight is 365 g/mol. The molecule has 2 amide bonds. The minimum atomic E-state index is -3.08. The summed E-state index contributed by atoms with van der Waals surface area (Å²) in [4.78, 5) is 23.6. The standard InChI is InChI=1S/C14H13F2N7O3/c15-12(16)10(17)11(14(25)21-26)18-13(24)8-4-1-7(2-5-8)3-6-9-19-22-23-20-9/h1-2,4-5,10-12,26H,17H2,(H,18,24)(H,21,25)(H,19,20,22,23)/t10?,11-/m0/s1. The summed E-state index contributed by atoms with van der Waals surface area (Å²) in [5.41, 5.74) is 7.00. The van der Waals surface area contributed by atoms with Crippen molar-refractivity contribution in [3.8, 4) is 11.8 Å². The van der Waals surface area contributed by atoms with Gasteiger partial charge in [0, 0.05) is 11.1 Å². The van der Waals surface area contributed by atoms with Crippen LogP contribution < -0.4 is 16.5 Å². The van der Waals surface area contributed by atoms with Crippen LogP contribution >= 0.6 is 0 Å². The van der Waals surface area contributed by atoms with Gasteiger partial charge in [0.1, 0.15) is 6.04 Å². The van der Waals surface area contributed by atoms with Crippen molar-refractivity contribution in [1.29, 1.82) is 0 Å². The average Bonchev–Trinajstić information content (AvgIpc) is 3.17. The van der Waals surface area contributed by atoms with Gasteiger partial charge in [0.25, 0.3) is 18.2 Å². The molecule has 1 heterocycles. The zero-order valence-electron chi connectivity index (χ0n) is 13.0. The number of H-pyrrole nitrogens is 1. The number of benzene rings is 1. The molecule has 0 saturated carbocycles. The zero-order valence-corrected chi connectivity index (χ0v) is 13.0. The maximum absolute atomic E-state index is 12.7. The van der Waals surface area contributed by atoms with E-state index in [1.807, 2.05) is 0 Å². The third-order valence-corrected chi connectivity index (χ3v) is 3.17. The van der Waals surface area contributed by atoms with Crippen molar-refractivity contribution in [1.82, 2.24) is 31.4 Å². The van der Waals surface area contributed by atoms with E-state index < -0.39 is 30.3 Å². The normalized spacial score (nSPS) is 12.7. The van der Waals surface area contributed by atoms with Crippen molar-refractivity contribution in [3.63, 3.8) is 0 Å². The number of amides is 2. The van der Waals surface area contributed by atoms with Gasteiger partial charge in [0.15, 0.2) is 0 Å². The predicted molar refractivity (Wildman–Crippen MR) is 81.8 cm³/mol. The van der Waals surface area contributed by atoms with Crippen molar-refractivity contribution < 1.29 is 23.6 Å². The van der Waals surface area contributed by atoms with Crippen LogP contribution in [-0.4, -0.2) is 56.2 Å². The van der Waals surface area contributed by atoms with E-state index in [9.17, 15) is 18.4 Å². The maximum Gasteiger partial charge on any atom is 0.267 e. The molecule has 26 heavy (non-hydrogen) atoms. The number of nitrogens with zero attached hydrogens (tertiary/aromatic N) is 3. The van der Waals surface area contributed by atoms with Gasteiger partial charge in [0.05, 0.1) is 6.04 Å². The number of hydrogen-bond acceptors (Lipinski definition) is 7. The number of carbonyl (C=O) groups excluding carboxylic acids is 2. The fourth-order valence-corrected chi connectivity index (χ4v) is 1.82. The molecular formula is C14H13F2N7O3. The Morgan fingerprint density at radius 2 is 1.92 bits per heavy atom. The Kier molecular flexibility index (Phi) is 6.25. The van der Waals surface area contributed by atoms with Gasteiger partial charge >= 0.3 is 0 Å². The molecule has 10 nitrogen and oxygen atoms in total. The first-order valence-electron chi connectivity index (χ1n) is 7.06. The lowest BCUT2D eigenvalue weighted by atomic mass is 10.1. The Labute approximate surface area is 145 Å². The van der Waals surface area contributed by atoms with Crippen molar-refractivity contribution in [2.24, 2.45) is 5.73 Å². The SMILES string of the molecule is NC(C(F)F)[C@H](NC(=O)c1ccc(C#Cc2nn[nH]n2)cc1)C(=O)NO. The molecule has 6 N–H and O–H groups in total. The topological polar surface area (TPSA) is 159 Å². The summed E-state index contributed by atoms with van der Waals surface area (Å²) in [7, 11) is 0. The summed E-state index contributed by atoms with van der Waals surface area (Å²) in [6.07, 6.45) is -3.08. The first-order valence-corrected chi connectivity index (χ1v) is 7.06. The molecule has 0 fully saturated rings. The lowest BCUT2D eigenvalue weighted by Gasteiger charge is -2.22. The molecule has 0 aliphatic carbocycles. The van der Waals surface area contributed by atoms with E-state index in [2.05, 4.69) is 37.8 Å². The van der Waals surface area contributed by atoms with Gasteiger partial charge in [0.2, 0.25) is 5.82 Å². The molecule has 0 saturated heterocycles. The highest BCUT2D eigenvalue weighted by atomic mass is 19.3. The molecule has 1 unspecified atom stereocenters. The van der Waals surface area contributed by atoms with Gasteiger partial charge < -0.3 is 11.1 Å². The molecule has 2 atom stereocenters. The lowest BCUT2D eigenvalue weighted by Crippen LogP contribution is -2.58. The first kappa shape index (κ1) is 18.9. The molecule has 0 radical (unpaired) electrons. The lowest BCUT2D eigenvalue weighted by molar-refractivity contribution is -0.132. The number of rotatable bonds is 5. The Balaban J connectivity index is 2.09. The monoisotopic (exact) mass is 365 g/mol. The highest BCUT2D eigenvalue weighted by molar-refractivity contribution is 5.97. The number of nitrogens with two attached hydrogens (primary N) is 1. The fourth-order valence-electron chi connectivity index (χ4n) is 1.82. The van der Waals surface area contributed by atoms with Crippen LogP contribution in [0.3, 0.4) is 0 Å². The van der Waals surface area contributed by atoms with Gasteiger partial charge in [-0.1, -0.05) is 11.0 Å². The summed E-state index contributed by atoms with van der Waals surface area (Å²) >= 11 is 0. The number of halogens is 2. The number of tetrazole rings is 1. The Morgan fingerprint density at radius 1 is 1.23 bits per heavy atom. The summed E-state index contributed by atoms with van der Waals surface area (Å²) in [5, 5.41) is 23.5. The number of nitrogens with one attached hydrogen (secondary N) is 3. The van der Waals surface area contributed by atoms with Crippen molar-refractivity contribution in [2.75, 3.05) is 0 Å². The Morgan fingerprint density at radius 3 is 2.46 bits per heavy atom.